The molecule has 1 heterocycles. The molecule has 7 nitrogen and oxygen atoms in total. The van der Waals surface area contributed by atoms with Crippen LogP contribution in [-0.4, -0.2) is 30.7 Å². The minimum Gasteiger partial charge on any atom is -0.497 e. The van der Waals surface area contributed by atoms with Gasteiger partial charge in [0, 0.05) is 22.8 Å². The molecule has 1 amide bonds. The highest BCUT2D eigenvalue weighted by atomic mass is 16.5. The summed E-state index contributed by atoms with van der Waals surface area (Å²) in [6.07, 6.45) is 1.57. The first-order chi connectivity index (χ1) is 15.8. The third-order valence-corrected chi connectivity index (χ3v) is 5.35. The lowest BCUT2D eigenvalue weighted by atomic mass is 10.1. The van der Waals surface area contributed by atoms with Crippen molar-refractivity contribution in [1.29, 1.82) is 5.26 Å². The zero-order valence-electron chi connectivity index (χ0n) is 19.2. The molecule has 0 bridgehead atoms. The molecule has 0 saturated heterocycles. The lowest BCUT2D eigenvalue weighted by Crippen LogP contribution is -2.13. The van der Waals surface area contributed by atoms with Gasteiger partial charge in [0.05, 0.1) is 19.8 Å². The van der Waals surface area contributed by atoms with Gasteiger partial charge in [-0.2, -0.15) is 5.26 Å². The summed E-state index contributed by atoms with van der Waals surface area (Å²) in [4.78, 5) is 24.7. The molecule has 0 fully saturated rings. The molecule has 3 rings (SSSR count). The third kappa shape index (κ3) is 4.96. The topological polar surface area (TPSA) is 93.4 Å². The number of anilines is 1. The summed E-state index contributed by atoms with van der Waals surface area (Å²) in [5, 5.41) is 12.3. The van der Waals surface area contributed by atoms with Gasteiger partial charge >= 0.3 is 5.97 Å². The first-order valence-corrected chi connectivity index (χ1v) is 10.2. The predicted molar refractivity (Wildman–Crippen MR) is 127 cm³/mol. The van der Waals surface area contributed by atoms with Crippen molar-refractivity contribution in [2.75, 3.05) is 19.5 Å². The van der Waals surface area contributed by atoms with Crippen LogP contribution in [0.2, 0.25) is 0 Å². The van der Waals surface area contributed by atoms with Crippen LogP contribution in [0.3, 0.4) is 0 Å². The molecule has 0 aliphatic carbocycles. The number of methoxy groups -OCH3 is 2. The fourth-order valence-electron chi connectivity index (χ4n) is 3.58. The van der Waals surface area contributed by atoms with E-state index >= 15 is 0 Å². The average molecular weight is 444 g/mol. The van der Waals surface area contributed by atoms with Gasteiger partial charge in [-0.3, -0.25) is 4.79 Å². The number of nitriles is 1. The third-order valence-electron chi connectivity index (χ3n) is 5.35. The van der Waals surface area contributed by atoms with Crippen molar-refractivity contribution >= 4 is 23.6 Å². The number of esters is 1. The van der Waals surface area contributed by atoms with Gasteiger partial charge in [0.15, 0.2) is 0 Å². The van der Waals surface area contributed by atoms with Crippen LogP contribution in [0.5, 0.6) is 5.75 Å². The van der Waals surface area contributed by atoms with Crippen LogP contribution < -0.4 is 10.1 Å². The molecular weight excluding hydrogens is 418 g/mol. The van der Waals surface area contributed by atoms with E-state index < -0.39 is 11.9 Å². The number of amides is 1. The number of aromatic nitrogens is 1. The second-order valence-electron chi connectivity index (χ2n) is 7.51. The first kappa shape index (κ1) is 23.4. The van der Waals surface area contributed by atoms with Gasteiger partial charge in [-0.25, -0.2) is 4.79 Å². The number of ether oxygens (including phenoxy) is 2. The lowest BCUT2D eigenvalue weighted by Gasteiger charge is -2.14. The Kier molecular flexibility index (Phi) is 6.99. The molecule has 33 heavy (non-hydrogen) atoms. The van der Waals surface area contributed by atoms with Crippen molar-refractivity contribution in [3.8, 4) is 17.5 Å². The van der Waals surface area contributed by atoms with Crippen LogP contribution in [-0.2, 0) is 9.53 Å². The van der Waals surface area contributed by atoms with Crippen LogP contribution in [0, 0.1) is 32.1 Å². The van der Waals surface area contributed by atoms with Crippen LogP contribution in [0.25, 0.3) is 11.8 Å². The maximum absolute atomic E-state index is 12.7. The number of rotatable bonds is 6. The Bertz CT molecular complexity index is 1280. The molecule has 0 atom stereocenters. The molecule has 168 valence electrons. The maximum atomic E-state index is 12.7. The molecule has 7 heteroatoms. The summed E-state index contributed by atoms with van der Waals surface area (Å²) >= 11 is 0. The summed E-state index contributed by atoms with van der Waals surface area (Å²) in [6.45, 7) is 5.78. The zero-order chi connectivity index (χ0) is 24.1. The number of hydrogen-bond donors (Lipinski definition) is 1. The molecular formula is C26H25N3O4. The highest BCUT2D eigenvalue weighted by Gasteiger charge is 2.16. The molecule has 0 aliphatic rings. The quantitative estimate of drug-likeness (QED) is 0.337. The SMILES string of the molecule is COC(=O)c1ccc(C)c(-n2c(C)cc(/C=C(/C#N)C(=O)Nc3ccc(OC)cc3)c2C)c1. The molecule has 0 aliphatic heterocycles. The molecule has 1 N–H and O–H groups in total. The first-order valence-electron chi connectivity index (χ1n) is 10.2. The van der Waals surface area contributed by atoms with E-state index in [-0.39, 0.29) is 5.57 Å². The van der Waals surface area contributed by atoms with E-state index in [1.54, 1.807) is 49.6 Å². The summed E-state index contributed by atoms with van der Waals surface area (Å²) < 4.78 is 11.9. The molecule has 1 aromatic heterocycles. The van der Waals surface area contributed by atoms with Crippen LogP contribution in [0.1, 0.15) is 32.9 Å². The minimum absolute atomic E-state index is 0.0221. The van der Waals surface area contributed by atoms with Crippen molar-refractivity contribution in [3.05, 3.63) is 82.2 Å². The Morgan fingerprint density at radius 1 is 1.03 bits per heavy atom. The lowest BCUT2D eigenvalue weighted by molar-refractivity contribution is -0.112. The Labute approximate surface area is 192 Å². The summed E-state index contributed by atoms with van der Waals surface area (Å²) in [6, 6.07) is 16.1. The summed E-state index contributed by atoms with van der Waals surface area (Å²) in [7, 11) is 2.91. The van der Waals surface area contributed by atoms with E-state index in [4.69, 9.17) is 9.47 Å². The van der Waals surface area contributed by atoms with Crippen molar-refractivity contribution in [1.82, 2.24) is 4.57 Å². The van der Waals surface area contributed by atoms with Crippen molar-refractivity contribution in [3.63, 3.8) is 0 Å². The fraction of sp³-hybridized carbons (Fsp3) is 0.192. The molecule has 0 radical (unpaired) electrons. The number of hydrogen-bond acceptors (Lipinski definition) is 5. The Morgan fingerprint density at radius 3 is 2.33 bits per heavy atom. The number of nitrogens with zero attached hydrogens (tertiary/aromatic N) is 2. The number of carbonyl (C=O) groups is 2. The van der Waals surface area contributed by atoms with Crippen LogP contribution >= 0.6 is 0 Å². The largest absolute Gasteiger partial charge is 0.497 e. The van der Waals surface area contributed by atoms with E-state index in [1.807, 2.05) is 43.5 Å². The number of carbonyl (C=O) groups excluding carboxylic acids is 2. The number of nitrogens with one attached hydrogen (secondary N) is 1. The van der Waals surface area contributed by atoms with E-state index in [9.17, 15) is 14.9 Å². The molecule has 0 spiro atoms. The van der Waals surface area contributed by atoms with Crippen molar-refractivity contribution in [2.24, 2.45) is 0 Å². The molecule has 0 unspecified atom stereocenters. The van der Waals surface area contributed by atoms with E-state index in [2.05, 4.69) is 5.32 Å². The van der Waals surface area contributed by atoms with Gasteiger partial charge in [0.25, 0.3) is 5.91 Å². The zero-order valence-corrected chi connectivity index (χ0v) is 19.2. The Morgan fingerprint density at radius 2 is 1.73 bits per heavy atom. The highest BCUT2D eigenvalue weighted by Crippen LogP contribution is 2.26. The van der Waals surface area contributed by atoms with E-state index in [0.29, 0.717) is 17.0 Å². The Hall–Kier alpha value is -4.31. The van der Waals surface area contributed by atoms with E-state index in [0.717, 1.165) is 28.2 Å². The van der Waals surface area contributed by atoms with Gasteiger partial charge in [-0.1, -0.05) is 6.07 Å². The smallest absolute Gasteiger partial charge is 0.337 e. The van der Waals surface area contributed by atoms with Crippen molar-refractivity contribution < 1.29 is 19.1 Å². The minimum atomic E-state index is -0.503. The second-order valence-corrected chi connectivity index (χ2v) is 7.51. The highest BCUT2D eigenvalue weighted by molar-refractivity contribution is 6.09. The normalized spacial score (nSPS) is 11.0. The maximum Gasteiger partial charge on any atom is 0.337 e. The van der Waals surface area contributed by atoms with Gasteiger partial charge in [0.2, 0.25) is 0 Å². The predicted octanol–water partition coefficient (Wildman–Crippen LogP) is 4.74. The van der Waals surface area contributed by atoms with Crippen LogP contribution in [0.4, 0.5) is 5.69 Å². The Balaban J connectivity index is 1.96. The number of aryl methyl sites for hydroxylation is 2. The second kappa shape index (κ2) is 9.88. The fourth-order valence-corrected chi connectivity index (χ4v) is 3.58. The standard InChI is InChI=1S/C26H25N3O4/c1-16-6-7-19(26(31)33-5)14-24(16)29-17(2)12-20(18(29)3)13-21(15-27)25(30)28-22-8-10-23(32-4)11-9-22/h6-14H,1-5H3,(H,28,30)/b21-13-. The summed E-state index contributed by atoms with van der Waals surface area (Å²) in [5.41, 5.74) is 5.25. The van der Waals surface area contributed by atoms with Gasteiger partial charge in [-0.15, -0.1) is 0 Å². The monoisotopic (exact) mass is 443 g/mol. The summed E-state index contributed by atoms with van der Waals surface area (Å²) in [5.74, 6) is -0.250. The number of benzene rings is 2. The van der Waals surface area contributed by atoms with Gasteiger partial charge in [-0.05, 0) is 80.4 Å². The molecule has 2 aromatic carbocycles. The molecule has 0 saturated carbocycles. The average Bonchev–Trinajstić information content (AvgIpc) is 3.10. The van der Waals surface area contributed by atoms with E-state index in [1.165, 1.54) is 7.11 Å². The van der Waals surface area contributed by atoms with Crippen LogP contribution in [0.15, 0.2) is 54.1 Å². The van der Waals surface area contributed by atoms with Gasteiger partial charge < -0.3 is 19.4 Å². The molecule has 3 aromatic rings. The van der Waals surface area contributed by atoms with Crippen molar-refractivity contribution in [2.45, 2.75) is 20.8 Å². The van der Waals surface area contributed by atoms with Gasteiger partial charge in [0.1, 0.15) is 17.4 Å².